The summed E-state index contributed by atoms with van der Waals surface area (Å²) in [6.07, 6.45) is 0.213. The minimum absolute atomic E-state index is 0.0865. The normalized spacial score (nSPS) is 11.1. The second kappa shape index (κ2) is 8.84. The highest BCUT2D eigenvalue weighted by Gasteiger charge is 2.13. The molecule has 0 saturated heterocycles. The summed E-state index contributed by atoms with van der Waals surface area (Å²) in [5, 5.41) is 3.02. The first-order chi connectivity index (χ1) is 11.9. The van der Waals surface area contributed by atoms with E-state index in [1.54, 1.807) is 43.5 Å². The first-order valence-electron chi connectivity index (χ1n) is 7.55. The second-order valence-electron chi connectivity index (χ2n) is 5.23. The number of ether oxygens (including phenoxy) is 1. The summed E-state index contributed by atoms with van der Waals surface area (Å²) in [5.41, 5.74) is 0.845. The monoisotopic (exact) mass is 382 g/mol. The molecule has 0 aliphatic heterocycles. The number of sulfonamides is 1. The number of carbonyl (C=O) groups excluding carboxylic acids is 1. The molecular weight excluding hydrogens is 364 g/mol. The van der Waals surface area contributed by atoms with Crippen LogP contribution in [0.2, 0.25) is 5.02 Å². The van der Waals surface area contributed by atoms with E-state index in [4.69, 9.17) is 16.3 Å². The first kappa shape index (κ1) is 19.2. The third-order valence-electron chi connectivity index (χ3n) is 3.37. The van der Waals surface area contributed by atoms with Crippen LogP contribution in [0.5, 0.6) is 5.75 Å². The number of hydrogen-bond acceptors (Lipinski definition) is 4. The molecule has 1 amide bonds. The largest absolute Gasteiger partial charge is 0.497 e. The van der Waals surface area contributed by atoms with Gasteiger partial charge in [-0.25, -0.2) is 13.1 Å². The topological polar surface area (TPSA) is 84.5 Å². The number of halogens is 1. The van der Waals surface area contributed by atoms with Gasteiger partial charge in [-0.05, 0) is 35.9 Å². The third-order valence-corrected chi connectivity index (χ3v) is 5.06. The maximum atomic E-state index is 12.1. The van der Waals surface area contributed by atoms with Crippen LogP contribution in [0, 0.1) is 0 Å². The Hall–Kier alpha value is -2.09. The SMILES string of the molecule is COc1ccc(CC(=O)NCCNS(=O)(=O)c2cccc(Cl)c2)cc1. The average molecular weight is 383 g/mol. The van der Waals surface area contributed by atoms with Gasteiger partial charge in [-0.15, -0.1) is 0 Å². The molecule has 8 heteroatoms. The van der Waals surface area contributed by atoms with Crippen molar-refractivity contribution in [2.75, 3.05) is 20.2 Å². The molecule has 2 aromatic carbocycles. The molecule has 0 unspecified atom stereocenters. The van der Waals surface area contributed by atoms with Gasteiger partial charge < -0.3 is 10.1 Å². The average Bonchev–Trinajstić information content (AvgIpc) is 2.59. The molecular formula is C17H19ClN2O4S. The lowest BCUT2D eigenvalue weighted by atomic mass is 10.1. The number of hydrogen-bond donors (Lipinski definition) is 2. The Morgan fingerprint density at radius 2 is 1.84 bits per heavy atom. The smallest absolute Gasteiger partial charge is 0.240 e. The number of nitrogens with one attached hydrogen (secondary N) is 2. The van der Waals surface area contributed by atoms with Crippen LogP contribution in [0.15, 0.2) is 53.4 Å². The van der Waals surface area contributed by atoms with Gasteiger partial charge in [0.2, 0.25) is 15.9 Å². The summed E-state index contributed by atoms with van der Waals surface area (Å²) in [7, 11) is -2.07. The highest BCUT2D eigenvalue weighted by atomic mass is 35.5. The molecule has 0 atom stereocenters. The lowest BCUT2D eigenvalue weighted by Crippen LogP contribution is -2.35. The highest BCUT2D eigenvalue weighted by Crippen LogP contribution is 2.15. The number of amides is 1. The quantitative estimate of drug-likeness (QED) is 0.684. The Morgan fingerprint density at radius 3 is 2.48 bits per heavy atom. The Kier molecular flexibility index (Phi) is 6.81. The van der Waals surface area contributed by atoms with Gasteiger partial charge in [-0.3, -0.25) is 4.79 Å². The van der Waals surface area contributed by atoms with Gasteiger partial charge in [0, 0.05) is 18.1 Å². The van der Waals surface area contributed by atoms with Crippen LogP contribution in [-0.4, -0.2) is 34.5 Å². The molecule has 2 N–H and O–H groups in total. The molecule has 0 aromatic heterocycles. The number of carbonyl (C=O) groups is 1. The predicted octanol–water partition coefficient (Wildman–Crippen LogP) is 1.99. The van der Waals surface area contributed by atoms with E-state index in [-0.39, 0.29) is 30.3 Å². The van der Waals surface area contributed by atoms with Gasteiger partial charge in [0.05, 0.1) is 18.4 Å². The maximum Gasteiger partial charge on any atom is 0.240 e. The molecule has 0 bridgehead atoms. The van der Waals surface area contributed by atoms with Crippen molar-refractivity contribution in [2.24, 2.45) is 0 Å². The van der Waals surface area contributed by atoms with Gasteiger partial charge >= 0.3 is 0 Å². The fourth-order valence-electron chi connectivity index (χ4n) is 2.10. The van der Waals surface area contributed by atoms with Crippen molar-refractivity contribution in [1.82, 2.24) is 10.0 Å². The minimum atomic E-state index is -3.65. The van der Waals surface area contributed by atoms with Crippen LogP contribution in [-0.2, 0) is 21.2 Å². The molecule has 2 aromatic rings. The molecule has 134 valence electrons. The van der Waals surface area contributed by atoms with E-state index in [0.717, 1.165) is 11.3 Å². The van der Waals surface area contributed by atoms with E-state index < -0.39 is 10.0 Å². The molecule has 0 aliphatic rings. The Balaban J connectivity index is 1.77. The lowest BCUT2D eigenvalue weighted by molar-refractivity contribution is -0.120. The van der Waals surface area contributed by atoms with E-state index in [9.17, 15) is 13.2 Å². The fraction of sp³-hybridized carbons (Fsp3) is 0.235. The van der Waals surface area contributed by atoms with Crippen molar-refractivity contribution < 1.29 is 17.9 Å². The van der Waals surface area contributed by atoms with Gasteiger partial charge in [0.1, 0.15) is 5.75 Å². The van der Waals surface area contributed by atoms with Crippen LogP contribution in [0.25, 0.3) is 0 Å². The molecule has 2 rings (SSSR count). The summed E-state index contributed by atoms with van der Waals surface area (Å²) >= 11 is 5.79. The zero-order valence-electron chi connectivity index (χ0n) is 13.7. The minimum Gasteiger partial charge on any atom is -0.497 e. The molecule has 0 aliphatic carbocycles. The van der Waals surface area contributed by atoms with Crippen molar-refractivity contribution >= 4 is 27.5 Å². The van der Waals surface area contributed by atoms with E-state index in [1.165, 1.54) is 12.1 Å². The highest BCUT2D eigenvalue weighted by molar-refractivity contribution is 7.89. The van der Waals surface area contributed by atoms with E-state index in [0.29, 0.717) is 5.02 Å². The summed E-state index contributed by atoms with van der Waals surface area (Å²) in [4.78, 5) is 12.0. The van der Waals surface area contributed by atoms with Crippen LogP contribution in [0.3, 0.4) is 0 Å². The summed E-state index contributed by atoms with van der Waals surface area (Å²) < 4.78 is 31.6. The summed E-state index contributed by atoms with van der Waals surface area (Å²) in [5.74, 6) is 0.534. The molecule has 25 heavy (non-hydrogen) atoms. The summed E-state index contributed by atoms with van der Waals surface area (Å²) in [6.45, 7) is 0.276. The molecule has 0 spiro atoms. The molecule has 0 radical (unpaired) electrons. The van der Waals surface area contributed by atoms with E-state index >= 15 is 0 Å². The van der Waals surface area contributed by atoms with Crippen molar-refractivity contribution in [3.05, 3.63) is 59.1 Å². The van der Waals surface area contributed by atoms with Crippen molar-refractivity contribution in [1.29, 1.82) is 0 Å². The van der Waals surface area contributed by atoms with E-state index in [2.05, 4.69) is 10.0 Å². The Bertz CT molecular complexity index is 823. The molecule has 0 saturated carbocycles. The van der Waals surface area contributed by atoms with Crippen LogP contribution < -0.4 is 14.8 Å². The summed E-state index contributed by atoms with van der Waals surface area (Å²) in [6, 6.07) is 13.2. The van der Waals surface area contributed by atoms with Crippen molar-refractivity contribution in [3.8, 4) is 5.75 Å². The Labute approximate surface area is 152 Å². The maximum absolute atomic E-state index is 12.1. The van der Waals surface area contributed by atoms with Crippen LogP contribution in [0.1, 0.15) is 5.56 Å². The van der Waals surface area contributed by atoms with Crippen molar-refractivity contribution in [3.63, 3.8) is 0 Å². The van der Waals surface area contributed by atoms with Gasteiger partial charge in [0.15, 0.2) is 0 Å². The predicted molar refractivity (Wildman–Crippen MR) is 96.3 cm³/mol. The molecule has 0 heterocycles. The van der Waals surface area contributed by atoms with Crippen LogP contribution >= 0.6 is 11.6 Å². The second-order valence-corrected chi connectivity index (χ2v) is 7.43. The van der Waals surface area contributed by atoms with Gasteiger partial charge in [0.25, 0.3) is 0 Å². The van der Waals surface area contributed by atoms with Crippen LogP contribution in [0.4, 0.5) is 0 Å². The molecule has 0 fully saturated rings. The standard InChI is InChI=1S/C17H19ClN2O4S/c1-24-15-7-5-13(6-8-15)11-17(21)19-9-10-20-25(22,23)16-4-2-3-14(18)12-16/h2-8,12,20H,9-11H2,1H3,(H,19,21). The van der Waals surface area contributed by atoms with Gasteiger partial charge in [-0.2, -0.15) is 0 Å². The first-order valence-corrected chi connectivity index (χ1v) is 9.42. The zero-order chi connectivity index (χ0) is 18.3. The zero-order valence-corrected chi connectivity index (χ0v) is 15.2. The Morgan fingerprint density at radius 1 is 1.12 bits per heavy atom. The number of benzene rings is 2. The fourth-order valence-corrected chi connectivity index (χ4v) is 3.43. The number of rotatable bonds is 8. The van der Waals surface area contributed by atoms with Crippen molar-refractivity contribution in [2.45, 2.75) is 11.3 Å². The molecule has 6 nitrogen and oxygen atoms in total. The van der Waals surface area contributed by atoms with Gasteiger partial charge in [-0.1, -0.05) is 29.8 Å². The third kappa shape index (κ3) is 6.04. The number of methoxy groups -OCH3 is 1. The van der Waals surface area contributed by atoms with E-state index in [1.807, 2.05) is 0 Å². The lowest BCUT2D eigenvalue weighted by Gasteiger charge is -2.09.